The Bertz CT molecular complexity index is 869. The molecule has 28 heavy (non-hydrogen) atoms. The molecular formula is C22H23N3O3. The molecule has 144 valence electrons. The maximum Gasteiger partial charge on any atom is 0.337 e. The molecule has 0 aliphatic carbocycles. The van der Waals surface area contributed by atoms with Gasteiger partial charge in [-0.15, -0.1) is 0 Å². The molecule has 0 spiro atoms. The highest BCUT2D eigenvalue weighted by Gasteiger charge is 2.20. The van der Waals surface area contributed by atoms with Crippen LogP contribution in [0.2, 0.25) is 0 Å². The van der Waals surface area contributed by atoms with Crippen LogP contribution in [0.1, 0.15) is 38.3 Å². The van der Waals surface area contributed by atoms with Gasteiger partial charge >= 0.3 is 5.97 Å². The largest absolute Gasteiger partial charge is 0.465 e. The molecule has 2 aromatic rings. The number of amides is 1. The van der Waals surface area contributed by atoms with E-state index >= 15 is 0 Å². The standard InChI is InChI=1S/C22H23N3O3/c1-28-22(27)20-9-7-19(8-10-20)21(26)25-12-2-11-24(13-14-25)16-18-5-3-17(15-23)4-6-18/h3-10H,2,11-14,16H2,1H3. The highest BCUT2D eigenvalue weighted by molar-refractivity contribution is 5.96. The van der Waals surface area contributed by atoms with Crippen LogP contribution in [-0.2, 0) is 11.3 Å². The molecule has 2 aromatic carbocycles. The number of methoxy groups -OCH3 is 1. The van der Waals surface area contributed by atoms with Crippen LogP contribution in [0.4, 0.5) is 0 Å². The summed E-state index contributed by atoms with van der Waals surface area (Å²) in [7, 11) is 1.34. The number of nitrogens with zero attached hydrogens (tertiary/aromatic N) is 3. The van der Waals surface area contributed by atoms with Crippen LogP contribution in [0.5, 0.6) is 0 Å². The fraction of sp³-hybridized carbons (Fsp3) is 0.318. The van der Waals surface area contributed by atoms with Gasteiger partial charge in [0.25, 0.3) is 5.91 Å². The van der Waals surface area contributed by atoms with E-state index in [-0.39, 0.29) is 5.91 Å². The average molecular weight is 377 g/mol. The van der Waals surface area contributed by atoms with Gasteiger partial charge in [0.05, 0.1) is 24.3 Å². The van der Waals surface area contributed by atoms with Crippen LogP contribution in [0.25, 0.3) is 0 Å². The minimum atomic E-state index is -0.410. The Hall–Kier alpha value is -3.17. The van der Waals surface area contributed by atoms with Crippen LogP contribution < -0.4 is 0 Å². The maximum absolute atomic E-state index is 12.8. The van der Waals surface area contributed by atoms with Crippen LogP contribution in [0, 0.1) is 11.3 Å². The maximum atomic E-state index is 12.8. The molecule has 6 heteroatoms. The van der Waals surface area contributed by atoms with Gasteiger partial charge in [0.15, 0.2) is 0 Å². The number of nitriles is 1. The number of hydrogen-bond acceptors (Lipinski definition) is 5. The predicted octanol–water partition coefficient (Wildman–Crippen LogP) is 2.69. The van der Waals surface area contributed by atoms with Gasteiger partial charge in [-0.2, -0.15) is 5.26 Å². The lowest BCUT2D eigenvalue weighted by Gasteiger charge is -2.22. The van der Waals surface area contributed by atoms with Crippen molar-refractivity contribution < 1.29 is 14.3 Å². The molecular weight excluding hydrogens is 354 g/mol. The summed E-state index contributed by atoms with van der Waals surface area (Å²) >= 11 is 0. The van der Waals surface area contributed by atoms with E-state index in [1.165, 1.54) is 7.11 Å². The first-order valence-corrected chi connectivity index (χ1v) is 9.30. The van der Waals surface area contributed by atoms with Crippen molar-refractivity contribution in [2.45, 2.75) is 13.0 Å². The van der Waals surface area contributed by atoms with Crippen molar-refractivity contribution in [1.82, 2.24) is 9.80 Å². The van der Waals surface area contributed by atoms with E-state index < -0.39 is 5.97 Å². The molecule has 3 rings (SSSR count). The van der Waals surface area contributed by atoms with E-state index in [9.17, 15) is 9.59 Å². The SMILES string of the molecule is COC(=O)c1ccc(C(=O)N2CCCN(Cc3ccc(C#N)cc3)CC2)cc1. The number of rotatable bonds is 4. The summed E-state index contributed by atoms with van der Waals surface area (Å²) in [6.45, 7) is 3.90. The molecule has 1 heterocycles. The van der Waals surface area contributed by atoms with Gasteiger partial charge in [-0.05, 0) is 48.4 Å². The molecule has 1 aliphatic heterocycles. The van der Waals surface area contributed by atoms with Crippen molar-refractivity contribution in [2.75, 3.05) is 33.3 Å². The summed E-state index contributed by atoms with van der Waals surface area (Å²) in [5.74, 6) is -0.427. The summed E-state index contributed by atoms with van der Waals surface area (Å²) in [5, 5.41) is 8.90. The lowest BCUT2D eigenvalue weighted by atomic mass is 10.1. The van der Waals surface area contributed by atoms with Crippen LogP contribution in [0.3, 0.4) is 0 Å². The Labute approximate surface area is 164 Å². The van der Waals surface area contributed by atoms with Gasteiger partial charge in [0.1, 0.15) is 0 Å². The first-order valence-electron chi connectivity index (χ1n) is 9.30. The third kappa shape index (κ3) is 4.76. The fourth-order valence-corrected chi connectivity index (χ4v) is 3.32. The zero-order valence-electron chi connectivity index (χ0n) is 15.9. The highest BCUT2D eigenvalue weighted by atomic mass is 16.5. The van der Waals surface area contributed by atoms with Crippen molar-refractivity contribution in [3.8, 4) is 6.07 Å². The number of hydrogen-bond donors (Lipinski definition) is 0. The Morgan fingerprint density at radius 1 is 0.964 bits per heavy atom. The van der Waals surface area contributed by atoms with Crippen molar-refractivity contribution in [3.05, 3.63) is 70.8 Å². The van der Waals surface area contributed by atoms with E-state index in [1.807, 2.05) is 29.2 Å². The molecule has 1 amide bonds. The van der Waals surface area contributed by atoms with Crippen LogP contribution >= 0.6 is 0 Å². The quantitative estimate of drug-likeness (QED) is 0.766. The molecule has 0 aromatic heterocycles. The summed E-state index contributed by atoms with van der Waals surface area (Å²) < 4.78 is 4.69. The molecule has 6 nitrogen and oxygen atoms in total. The smallest absolute Gasteiger partial charge is 0.337 e. The summed E-state index contributed by atoms with van der Waals surface area (Å²) in [6, 6.07) is 16.3. The third-order valence-corrected chi connectivity index (χ3v) is 4.92. The van der Waals surface area contributed by atoms with E-state index in [1.54, 1.807) is 24.3 Å². The van der Waals surface area contributed by atoms with Gasteiger partial charge in [-0.1, -0.05) is 12.1 Å². The lowest BCUT2D eigenvalue weighted by molar-refractivity contribution is 0.0599. The molecule has 0 saturated carbocycles. The first kappa shape index (κ1) is 19.6. The lowest BCUT2D eigenvalue weighted by Crippen LogP contribution is -2.35. The van der Waals surface area contributed by atoms with E-state index in [0.717, 1.165) is 31.6 Å². The van der Waals surface area contributed by atoms with Crippen molar-refractivity contribution in [2.24, 2.45) is 0 Å². The molecule has 0 N–H and O–H groups in total. The minimum absolute atomic E-state index is 0.0170. The average Bonchev–Trinajstić information content (AvgIpc) is 2.99. The van der Waals surface area contributed by atoms with Gasteiger partial charge in [0.2, 0.25) is 0 Å². The van der Waals surface area contributed by atoms with Gasteiger partial charge < -0.3 is 9.64 Å². The molecule has 1 fully saturated rings. The third-order valence-electron chi connectivity index (χ3n) is 4.92. The van der Waals surface area contributed by atoms with E-state index in [0.29, 0.717) is 29.8 Å². The highest BCUT2D eigenvalue weighted by Crippen LogP contribution is 2.14. The minimum Gasteiger partial charge on any atom is -0.465 e. The predicted molar refractivity (Wildman–Crippen MR) is 105 cm³/mol. The molecule has 0 unspecified atom stereocenters. The fourth-order valence-electron chi connectivity index (χ4n) is 3.32. The Balaban J connectivity index is 1.58. The summed E-state index contributed by atoms with van der Waals surface area (Å²) in [5.41, 5.74) is 2.84. The van der Waals surface area contributed by atoms with Crippen LogP contribution in [-0.4, -0.2) is 55.0 Å². The van der Waals surface area contributed by atoms with Gasteiger partial charge in [-0.25, -0.2) is 4.79 Å². The molecule has 1 aliphatic rings. The van der Waals surface area contributed by atoms with Crippen molar-refractivity contribution in [3.63, 3.8) is 0 Å². The second-order valence-corrected chi connectivity index (χ2v) is 6.80. The summed E-state index contributed by atoms with van der Waals surface area (Å²) in [4.78, 5) is 28.5. The van der Waals surface area contributed by atoms with Crippen LogP contribution in [0.15, 0.2) is 48.5 Å². The number of esters is 1. The molecule has 0 radical (unpaired) electrons. The monoisotopic (exact) mass is 377 g/mol. The number of benzene rings is 2. The van der Waals surface area contributed by atoms with Crippen molar-refractivity contribution in [1.29, 1.82) is 5.26 Å². The Morgan fingerprint density at radius 3 is 2.29 bits per heavy atom. The zero-order valence-corrected chi connectivity index (χ0v) is 15.9. The normalized spacial score (nSPS) is 14.8. The van der Waals surface area contributed by atoms with E-state index in [4.69, 9.17) is 5.26 Å². The zero-order chi connectivity index (χ0) is 19.9. The molecule has 0 bridgehead atoms. The Morgan fingerprint density at radius 2 is 1.64 bits per heavy atom. The van der Waals surface area contributed by atoms with Crippen molar-refractivity contribution >= 4 is 11.9 Å². The molecule has 0 atom stereocenters. The topological polar surface area (TPSA) is 73.6 Å². The second-order valence-electron chi connectivity index (χ2n) is 6.80. The number of carbonyl (C=O) groups is 2. The molecule has 1 saturated heterocycles. The Kier molecular flexibility index (Phi) is 6.41. The summed E-state index contributed by atoms with van der Waals surface area (Å²) in [6.07, 6.45) is 0.905. The second kappa shape index (κ2) is 9.16. The number of ether oxygens (including phenoxy) is 1. The van der Waals surface area contributed by atoms with E-state index in [2.05, 4.69) is 15.7 Å². The number of carbonyl (C=O) groups excluding carboxylic acids is 2. The van der Waals surface area contributed by atoms with Gasteiger partial charge in [0, 0.05) is 38.3 Å². The van der Waals surface area contributed by atoms with Gasteiger partial charge in [-0.3, -0.25) is 9.69 Å². The first-order chi connectivity index (χ1) is 13.6.